The summed E-state index contributed by atoms with van der Waals surface area (Å²) in [6.07, 6.45) is 0. The number of hydrogen-bond acceptors (Lipinski definition) is 4. The summed E-state index contributed by atoms with van der Waals surface area (Å²) < 4.78 is 5.41. The molecule has 2 rings (SSSR count). The molecule has 68 valence electrons. The van der Waals surface area contributed by atoms with E-state index in [1.807, 2.05) is 38.4 Å². The van der Waals surface area contributed by atoms with Crippen molar-refractivity contribution in [3.8, 4) is 0 Å². The lowest BCUT2D eigenvalue weighted by Crippen LogP contribution is -2.19. The Kier molecular flexibility index (Phi) is 1.90. The first-order valence-corrected chi connectivity index (χ1v) is 4.05. The Morgan fingerprint density at radius 2 is 2.08 bits per heavy atom. The molecule has 1 aromatic heterocycles. The summed E-state index contributed by atoms with van der Waals surface area (Å²) in [6, 6.07) is 8.19. The first kappa shape index (κ1) is 8.07. The summed E-state index contributed by atoms with van der Waals surface area (Å²) >= 11 is 0. The van der Waals surface area contributed by atoms with Gasteiger partial charge in [0.2, 0.25) is 0 Å². The van der Waals surface area contributed by atoms with E-state index in [0.29, 0.717) is 6.01 Å². The summed E-state index contributed by atoms with van der Waals surface area (Å²) in [4.78, 5) is 4.23. The second kappa shape index (κ2) is 3.06. The fourth-order valence-corrected chi connectivity index (χ4v) is 1.11. The van der Waals surface area contributed by atoms with Crippen LogP contribution in [0.3, 0.4) is 0 Å². The molecule has 0 saturated carbocycles. The predicted molar refractivity (Wildman–Crippen MR) is 51.3 cm³/mol. The van der Waals surface area contributed by atoms with Crippen molar-refractivity contribution in [1.82, 2.24) is 9.99 Å². The molecule has 2 aromatic rings. The molecule has 13 heavy (non-hydrogen) atoms. The zero-order valence-corrected chi connectivity index (χ0v) is 7.61. The van der Waals surface area contributed by atoms with Crippen LogP contribution in [0.15, 0.2) is 28.7 Å². The van der Waals surface area contributed by atoms with E-state index in [1.54, 1.807) is 5.01 Å². The summed E-state index contributed by atoms with van der Waals surface area (Å²) in [7, 11) is 3.77. The Morgan fingerprint density at radius 3 is 2.77 bits per heavy atom. The van der Waals surface area contributed by atoms with Gasteiger partial charge in [-0.25, -0.2) is 5.01 Å². The van der Waals surface area contributed by atoms with Gasteiger partial charge in [0.15, 0.2) is 5.58 Å². The van der Waals surface area contributed by atoms with E-state index in [9.17, 15) is 0 Å². The number of rotatable bonds is 2. The van der Waals surface area contributed by atoms with E-state index in [1.165, 1.54) is 0 Å². The zero-order valence-electron chi connectivity index (χ0n) is 7.61. The fraction of sp³-hybridized carbons (Fsp3) is 0.222. The summed E-state index contributed by atoms with van der Waals surface area (Å²) in [5.41, 5.74) is 4.62. The summed E-state index contributed by atoms with van der Waals surface area (Å²) in [6.45, 7) is 0. The van der Waals surface area contributed by atoms with Gasteiger partial charge < -0.3 is 4.42 Å². The lowest BCUT2D eigenvalue weighted by atomic mass is 10.3. The highest BCUT2D eigenvalue weighted by atomic mass is 16.4. The Hall–Kier alpha value is -1.55. The third-order valence-corrected chi connectivity index (χ3v) is 1.61. The number of hydrogen-bond donors (Lipinski definition) is 1. The van der Waals surface area contributed by atoms with Crippen LogP contribution in [0.25, 0.3) is 11.1 Å². The van der Waals surface area contributed by atoms with Crippen molar-refractivity contribution < 1.29 is 4.42 Å². The monoisotopic (exact) mass is 177 g/mol. The molecule has 1 aromatic carbocycles. The highest BCUT2D eigenvalue weighted by Crippen LogP contribution is 2.17. The Morgan fingerprint density at radius 1 is 1.31 bits per heavy atom. The number of benzene rings is 1. The van der Waals surface area contributed by atoms with E-state index in [-0.39, 0.29) is 0 Å². The number of aromatic nitrogens is 1. The van der Waals surface area contributed by atoms with Crippen molar-refractivity contribution >= 4 is 17.1 Å². The van der Waals surface area contributed by atoms with Crippen LogP contribution in [0, 0.1) is 0 Å². The van der Waals surface area contributed by atoms with Gasteiger partial charge in [0.05, 0.1) is 0 Å². The van der Waals surface area contributed by atoms with Gasteiger partial charge in [-0.1, -0.05) is 12.1 Å². The number of hydrazine groups is 1. The van der Waals surface area contributed by atoms with Crippen molar-refractivity contribution in [3.63, 3.8) is 0 Å². The number of anilines is 1. The van der Waals surface area contributed by atoms with Crippen LogP contribution in [0.4, 0.5) is 6.01 Å². The molecule has 0 aliphatic carbocycles. The molecule has 0 spiro atoms. The van der Waals surface area contributed by atoms with Crippen LogP contribution in [-0.4, -0.2) is 24.1 Å². The second-order valence-corrected chi connectivity index (χ2v) is 2.99. The van der Waals surface area contributed by atoms with Gasteiger partial charge in [-0.05, 0) is 12.1 Å². The molecule has 4 nitrogen and oxygen atoms in total. The molecule has 1 heterocycles. The van der Waals surface area contributed by atoms with Crippen molar-refractivity contribution in [1.29, 1.82) is 0 Å². The van der Waals surface area contributed by atoms with E-state index in [4.69, 9.17) is 4.42 Å². The largest absolute Gasteiger partial charge is 0.423 e. The van der Waals surface area contributed by atoms with E-state index < -0.39 is 0 Å². The second-order valence-electron chi connectivity index (χ2n) is 2.99. The maximum Gasteiger partial charge on any atom is 0.310 e. The van der Waals surface area contributed by atoms with Gasteiger partial charge in [0, 0.05) is 14.1 Å². The zero-order chi connectivity index (χ0) is 9.26. The molecule has 0 bridgehead atoms. The molecule has 0 aliphatic rings. The Labute approximate surface area is 76.1 Å². The van der Waals surface area contributed by atoms with Gasteiger partial charge in [-0.3, -0.25) is 5.43 Å². The Bertz CT molecular complexity index is 375. The van der Waals surface area contributed by atoms with Crippen molar-refractivity contribution in [2.45, 2.75) is 0 Å². The number of oxazole rings is 1. The minimum absolute atomic E-state index is 0.520. The Balaban J connectivity index is 2.38. The SMILES string of the molecule is CN(C)Nc1nc2ccccc2o1. The molecule has 0 atom stereocenters. The minimum Gasteiger partial charge on any atom is -0.423 e. The lowest BCUT2D eigenvalue weighted by Gasteiger charge is -2.07. The number of nitrogens with one attached hydrogen (secondary N) is 1. The topological polar surface area (TPSA) is 41.3 Å². The highest BCUT2D eigenvalue weighted by molar-refractivity contribution is 5.73. The average Bonchev–Trinajstić information content (AvgIpc) is 2.44. The number of fused-ring (bicyclic) bond motifs is 1. The normalized spacial score (nSPS) is 11.0. The maximum absolute atomic E-state index is 5.41. The number of para-hydroxylation sites is 2. The predicted octanol–water partition coefficient (Wildman–Crippen LogP) is 1.72. The van der Waals surface area contributed by atoms with Gasteiger partial charge in [0.25, 0.3) is 0 Å². The van der Waals surface area contributed by atoms with Crippen LogP contribution >= 0.6 is 0 Å². The summed E-state index contributed by atoms with van der Waals surface area (Å²) in [5, 5.41) is 1.78. The number of nitrogens with zero attached hydrogens (tertiary/aromatic N) is 2. The smallest absolute Gasteiger partial charge is 0.310 e. The third-order valence-electron chi connectivity index (χ3n) is 1.61. The van der Waals surface area contributed by atoms with Crippen LogP contribution < -0.4 is 5.43 Å². The molecule has 1 N–H and O–H groups in total. The minimum atomic E-state index is 0.520. The highest BCUT2D eigenvalue weighted by Gasteiger charge is 2.03. The van der Waals surface area contributed by atoms with Crippen LogP contribution in [-0.2, 0) is 0 Å². The molecule has 0 aliphatic heterocycles. The van der Waals surface area contributed by atoms with Gasteiger partial charge in [-0.2, -0.15) is 4.98 Å². The molecular weight excluding hydrogens is 166 g/mol. The molecule has 0 saturated heterocycles. The molecule has 0 radical (unpaired) electrons. The van der Waals surface area contributed by atoms with Gasteiger partial charge in [0.1, 0.15) is 5.52 Å². The lowest BCUT2D eigenvalue weighted by molar-refractivity contribution is 0.458. The van der Waals surface area contributed by atoms with Crippen molar-refractivity contribution in [2.24, 2.45) is 0 Å². The first-order valence-electron chi connectivity index (χ1n) is 4.05. The van der Waals surface area contributed by atoms with Crippen LogP contribution in [0.1, 0.15) is 0 Å². The van der Waals surface area contributed by atoms with Crippen molar-refractivity contribution in [3.05, 3.63) is 24.3 Å². The van der Waals surface area contributed by atoms with Crippen molar-refractivity contribution in [2.75, 3.05) is 19.5 Å². The average molecular weight is 177 g/mol. The fourth-order valence-electron chi connectivity index (χ4n) is 1.11. The standard InChI is InChI=1S/C9H11N3O/c1-12(2)11-9-10-7-5-3-4-6-8(7)13-9/h3-6H,1-2H3,(H,10,11). The van der Waals surface area contributed by atoms with E-state index in [0.717, 1.165) is 11.1 Å². The van der Waals surface area contributed by atoms with Crippen LogP contribution in [0.5, 0.6) is 0 Å². The first-order chi connectivity index (χ1) is 6.25. The summed E-state index contributed by atoms with van der Waals surface area (Å²) in [5.74, 6) is 0. The van der Waals surface area contributed by atoms with Gasteiger partial charge >= 0.3 is 6.01 Å². The quantitative estimate of drug-likeness (QED) is 0.709. The van der Waals surface area contributed by atoms with Crippen LogP contribution in [0.2, 0.25) is 0 Å². The van der Waals surface area contributed by atoms with E-state index >= 15 is 0 Å². The molecular formula is C9H11N3O. The van der Waals surface area contributed by atoms with E-state index in [2.05, 4.69) is 10.4 Å². The molecule has 0 fully saturated rings. The molecule has 0 amide bonds. The molecule has 0 unspecified atom stereocenters. The maximum atomic E-state index is 5.41. The van der Waals surface area contributed by atoms with Gasteiger partial charge in [-0.15, -0.1) is 0 Å². The molecule has 4 heteroatoms. The third kappa shape index (κ3) is 1.62.